The van der Waals surface area contributed by atoms with Crippen molar-refractivity contribution < 1.29 is 0 Å². The minimum Gasteiger partial charge on any atom is -0.399 e. The van der Waals surface area contributed by atoms with Gasteiger partial charge in [-0.2, -0.15) is 0 Å². The molecule has 0 spiro atoms. The van der Waals surface area contributed by atoms with E-state index in [1.54, 1.807) is 0 Å². The summed E-state index contributed by atoms with van der Waals surface area (Å²) in [6, 6.07) is 7.91. The second-order valence-electron chi connectivity index (χ2n) is 4.02. The summed E-state index contributed by atoms with van der Waals surface area (Å²) in [5.41, 5.74) is 7.81. The fourth-order valence-corrected chi connectivity index (χ4v) is 1.39. The molecule has 0 fully saturated rings. The maximum atomic E-state index is 5.72. The molecule has 2 heteroatoms. The minimum absolute atomic E-state index is 0.174. The number of rotatable bonds is 4. The molecule has 0 amide bonds. The minimum atomic E-state index is 0.174. The highest BCUT2D eigenvalue weighted by Gasteiger charge is 2.18. The van der Waals surface area contributed by atoms with Crippen LogP contribution in [0.25, 0.3) is 0 Å². The predicted octanol–water partition coefficient (Wildman–Crippen LogP) is 3.26. The second kappa shape index (κ2) is 4.36. The fourth-order valence-electron chi connectivity index (χ4n) is 1.39. The lowest BCUT2D eigenvalue weighted by Crippen LogP contribution is -2.32. The lowest BCUT2D eigenvalue weighted by molar-refractivity contribution is 0.478. The maximum absolute atomic E-state index is 5.72. The van der Waals surface area contributed by atoms with E-state index in [0.29, 0.717) is 0 Å². The zero-order valence-corrected chi connectivity index (χ0v) is 9.30. The summed E-state index contributed by atoms with van der Waals surface area (Å²) in [5, 5.41) is 3.52. The lowest BCUT2D eigenvalue weighted by atomic mass is 9.95. The van der Waals surface area contributed by atoms with Gasteiger partial charge in [-0.05, 0) is 38.0 Å². The standard InChI is InChI=1S/C12H20N2/c1-4-12(3,5-2)14-11-8-6-7-10(13)9-11/h6-9,14H,4-5,13H2,1-3H3. The van der Waals surface area contributed by atoms with Crippen LogP contribution in [0.2, 0.25) is 0 Å². The van der Waals surface area contributed by atoms with Gasteiger partial charge < -0.3 is 11.1 Å². The molecule has 0 unspecified atom stereocenters. The molecule has 0 aliphatic heterocycles. The van der Waals surface area contributed by atoms with Gasteiger partial charge in [0, 0.05) is 16.9 Å². The molecule has 1 aromatic carbocycles. The van der Waals surface area contributed by atoms with E-state index < -0.39 is 0 Å². The molecular weight excluding hydrogens is 172 g/mol. The van der Waals surface area contributed by atoms with Crippen LogP contribution in [-0.4, -0.2) is 5.54 Å². The van der Waals surface area contributed by atoms with Crippen molar-refractivity contribution in [3.8, 4) is 0 Å². The number of benzene rings is 1. The van der Waals surface area contributed by atoms with E-state index in [9.17, 15) is 0 Å². The summed E-state index contributed by atoms with van der Waals surface area (Å²) in [4.78, 5) is 0. The zero-order valence-electron chi connectivity index (χ0n) is 9.30. The van der Waals surface area contributed by atoms with Crippen molar-refractivity contribution in [3.05, 3.63) is 24.3 Å². The third-order valence-electron chi connectivity index (χ3n) is 2.89. The number of nitrogens with one attached hydrogen (secondary N) is 1. The van der Waals surface area contributed by atoms with E-state index in [-0.39, 0.29) is 5.54 Å². The Morgan fingerprint density at radius 1 is 1.29 bits per heavy atom. The third-order valence-corrected chi connectivity index (χ3v) is 2.89. The largest absolute Gasteiger partial charge is 0.399 e. The first-order valence-electron chi connectivity index (χ1n) is 5.23. The van der Waals surface area contributed by atoms with Crippen molar-refractivity contribution in [1.82, 2.24) is 0 Å². The van der Waals surface area contributed by atoms with Gasteiger partial charge in [-0.3, -0.25) is 0 Å². The third kappa shape index (κ3) is 2.66. The smallest absolute Gasteiger partial charge is 0.0364 e. The molecule has 0 atom stereocenters. The number of nitrogen functional groups attached to an aromatic ring is 1. The zero-order chi connectivity index (χ0) is 10.6. The Hall–Kier alpha value is -1.18. The summed E-state index contributed by atoms with van der Waals surface area (Å²) in [6.07, 6.45) is 2.22. The second-order valence-corrected chi connectivity index (χ2v) is 4.02. The van der Waals surface area contributed by atoms with Gasteiger partial charge in [0.2, 0.25) is 0 Å². The Morgan fingerprint density at radius 2 is 1.93 bits per heavy atom. The molecule has 1 rings (SSSR count). The molecule has 78 valence electrons. The molecule has 0 radical (unpaired) electrons. The van der Waals surface area contributed by atoms with E-state index in [1.807, 2.05) is 18.2 Å². The van der Waals surface area contributed by atoms with Crippen molar-refractivity contribution in [1.29, 1.82) is 0 Å². The first kappa shape index (κ1) is 10.9. The van der Waals surface area contributed by atoms with Gasteiger partial charge in [-0.1, -0.05) is 19.9 Å². The summed E-state index contributed by atoms with van der Waals surface area (Å²) < 4.78 is 0. The molecule has 0 saturated carbocycles. The van der Waals surface area contributed by atoms with Crippen LogP contribution in [0.15, 0.2) is 24.3 Å². The van der Waals surface area contributed by atoms with Crippen LogP contribution in [0, 0.1) is 0 Å². The fraction of sp³-hybridized carbons (Fsp3) is 0.500. The summed E-state index contributed by atoms with van der Waals surface area (Å²) in [5.74, 6) is 0. The monoisotopic (exact) mass is 192 g/mol. The van der Waals surface area contributed by atoms with E-state index in [1.165, 1.54) is 0 Å². The van der Waals surface area contributed by atoms with E-state index in [4.69, 9.17) is 5.73 Å². The SMILES string of the molecule is CCC(C)(CC)Nc1cccc(N)c1. The number of nitrogens with two attached hydrogens (primary N) is 1. The van der Waals surface area contributed by atoms with E-state index in [0.717, 1.165) is 24.2 Å². The van der Waals surface area contributed by atoms with E-state index >= 15 is 0 Å². The number of hydrogen-bond donors (Lipinski definition) is 2. The van der Waals surface area contributed by atoms with Crippen LogP contribution >= 0.6 is 0 Å². The number of hydrogen-bond acceptors (Lipinski definition) is 2. The Balaban J connectivity index is 2.77. The highest BCUT2D eigenvalue weighted by atomic mass is 15.0. The molecular formula is C12H20N2. The maximum Gasteiger partial charge on any atom is 0.0364 e. The summed E-state index contributed by atoms with van der Waals surface area (Å²) in [7, 11) is 0. The van der Waals surface area contributed by atoms with Crippen molar-refractivity contribution in [2.75, 3.05) is 11.1 Å². The van der Waals surface area contributed by atoms with Crippen molar-refractivity contribution in [3.63, 3.8) is 0 Å². The van der Waals surface area contributed by atoms with Gasteiger partial charge in [0.1, 0.15) is 0 Å². The van der Waals surface area contributed by atoms with E-state index in [2.05, 4.69) is 32.2 Å². The highest BCUT2D eigenvalue weighted by molar-refractivity contribution is 5.55. The van der Waals surface area contributed by atoms with Gasteiger partial charge in [-0.25, -0.2) is 0 Å². The van der Waals surface area contributed by atoms with Crippen LogP contribution in [-0.2, 0) is 0 Å². The first-order chi connectivity index (χ1) is 6.59. The van der Waals surface area contributed by atoms with Crippen LogP contribution < -0.4 is 11.1 Å². The lowest BCUT2D eigenvalue weighted by Gasteiger charge is -2.29. The topological polar surface area (TPSA) is 38.0 Å². The van der Waals surface area contributed by atoms with Gasteiger partial charge in [0.05, 0.1) is 0 Å². The van der Waals surface area contributed by atoms with Gasteiger partial charge in [-0.15, -0.1) is 0 Å². The molecule has 1 aromatic rings. The van der Waals surface area contributed by atoms with Crippen molar-refractivity contribution in [2.45, 2.75) is 39.2 Å². The number of anilines is 2. The average Bonchev–Trinajstić information content (AvgIpc) is 2.18. The quantitative estimate of drug-likeness (QED) is 0.719. The van der Waals surface area contributed by atoms with Crippen molar-refractivity contribution >= 4 is 11.4 Å². The molecule has 0 heterocycles. The summed E-state index contributed by atoms with van der Waals surface area (Å²) in [6.45, 7) is 6.63. The molecule has 14 heavy (non-hydrogen) atoms. The van der Waals surface area contributed by atoms with Crippen LogP contribution in [0.5, 0.6) is 0 Å². The Labute approximate surface area is 86.5 Å². The van der Waals surface area contributed by atoms with Gasteiger partial charge >= 0.3 is 0 Å². The average molecular weight is 192 g/mol. The Kier molecular flexibility index (Phi) is 3.39. The van der Waals surface area contributed by atoms with Crippen LogP contribution in [0.1, 0.15) is 33.6 Å². The molecule has 2 nitrogen and oxygen atoms in total. The predicted molar refractivity (Wildman–Crippen MR) is 63.5 cm³/mol. The Bertz CT molecular complexity index is 290. The Morgan fingerprint density at radius 3 is 2.43 bits per heavy atom. The molecule has 3 N–H and O–H groups in total. The molecule has 0 bridgehead atoms. The van der Waals surface area contributed by atoms with Gasteiger partial charge in [0.15, 0.2) is 0 Å². The van der Waals surface area contributed by atoms with Gasteiger partial charge in [0.25, 0.3) is 0 Å². The van der Waals surface area contributed by atoms with Crippen LogP contribution in [0.4, 0.5) is 11.4 Å². The first-order valence-corrected chi connectivity index (χ1v) is 5.23. The summed E-state index contributed by atoms with van der Waals surface area (Å²) >= 11 is 0. The molecule has 0 saturated heterocycles. The van der Waals surface area contributed by atoms with Crippen molar-refractivity contribution in [2.24, 2.45) is 0 Å². The molecule has 0 aromatic heterocycles. The highest BCUT2D eigenvalue weighted by Crippen LogP contribution is 2.22. The normalized spacial score (nSPS) is 11.4. The van der Waals surface area contributed by atoms with Crippen LogP contribution in [0.3, 0.4) is 0 Å². The molecule has 0 aliphatic carbocycles. The molecule has 0 aliphatic rings.